The molecule has 0 saturated heterocycles. The number of benzene rings is 2. The topological polar surface area (TPSA) is 29.3 Å². The van der Waals surface area contributed by atoms with E-state index in [1.54, 1.807) is 6.07 Å². The van der Waals surface area contributed by atoms with E-state index in [0.717, 1.165) is 30.6 Å². The Labute approximate surface area is 125 Å². The van der Waals surface area contributed by atoms with Gasteiger partial charge in [-0.3, -0.25) is 0 Å². The molecule has 1 aliphatic heterocycles. The van der Waals surface area contributed by atoms with Crippen LogP contribution in [0.4, 0.5) is 15.8 Å². The highest BCUT2D eigenvalue weighted by Gasteiger charge is 2.20. The van der Waals surface area contributed by atoms with Crippen molar-refractivity contribution in [3.8, 4) is 0 Å². The number of hydrogen-bond acceptors (Lipinski definition) is 2. The number of nitrogens with zero attached hydrogens (tertiary/aromatic N) is 1. The second kappa shape index (κ2) is 5.86. The predicted octanol–water partition coefficient (Wildman–Crippen LogP) is 3.72. The van der Waals surface area contributed by atoms with E-state index in [-0.39, 0.29) is 5.82 Å². The molecular formula is C18H21FN2. The van der Waals surface area contributed by atoms with Gasteiger partial charge in [-0.25, -0.2) is 4.39 Å². The summed E-state index contributed by atoms with van der Waals surface area (Å²) in [5.41, 5.74) is 11.7. The lowest BCUT2D eigenvalue weighted by Crippen LogP contribution is -2.26. The Morgan fingerprint density at radius 1 is 1.14 bits per heavy atom. The van der Waals surface area contributed by atoms with Crippen molar-refractivity contribution in [1.29, 1.82) is 0 Å². The van der Waals surface area contributed by atoms with Gasteiger partial charge in [0.15, 0.2) is 0 Å². The van der Waals surface area contributed by atoms with E-state index in [0.29, 0.717) is 13.0 Å². The van der Waals surface area contributed by atoms with Crippen LogP contribution in [-0.2, 0) is 12.8 Å². The van der Waals surface area contributed by atoms with Gasteiger partial charge in [-0.2, -0.15) is 0 Å². The number of fused-ring (bicyclic) bond motifs is 1. The lowest BCUT2D eigenvalue weighted by Gasteiger charge is -2.33. The molecule has 2 nitrogen and oxygen atoms in total. The quantitative estimate of drug-likeness (QED) is 0.930. The Kier molecular flexibility index (Phi) is 3.93. The van der Waals surface area contributed by atoms with Gasteiger partial charge in [0.25, 0.3) is 0 Å². The molecule has 0 bridgehead atoms. The minimum absolute atomic E-state index is 0.191. The van der Waals surface area contributed by atoms with E-state index in [2.05, 4.69) is 30.0 Å². The van der Waals surface area contributed by atoms with E-state index in [4.69, 9.17) is 5.73 Å². The second-order valence-electron chi connectivity index (χ2n) is 5.70. The van der Waals surface area contributed by atoms with Crippen molar-refractivity contribution in [3.63, 3.8) is 0 Å². The molecule has 1 heterocycles. The zero-order valence-corrected chi connectivity index (χ0v) is 12.4. The van der Waals surface area contributed by atoms with Crippen LogP contribution in [-0.4, -0.2) is 13.1 Å². The van der Waals surface area contributed by atoms with Crippen molar-refractivity contribution < 1.29 is 4.39 Å². The molecule has 3 heteroatoms. The molecule has 0 saturated carbocycles. The van der Waals surface area contributed by atoms with Crippen LogP contribution in [0.2, 0.25) is 0 Å². The van der Waals surface area contributed by atoms with Crippen LogP contribution in [0.25, 0.3) is 0 Å². The van der Waals surface area contributed by atoms with Crippen LogP contribution in [0.15, 0.2) is 36.4 Å². The first-order chi connectivity index (χ1) is 10.2. The number of anilines is 2. The molecule has 0 amide bonds. The molecule has 0 aliphatic carbocycles. The van der Waals surface area contributed by atoms with Crippen LogP contribution < -0.4 is 10.6 Å². The summed E-state index contributed by atoms with van der Waals surface area (Å²) in [4.78, 5) is 2.31. The lowest BCUT2D eigenvalue weighted by molar-refractivity contribution is 0.625. The first-order valence-corrected chi connectivity index (χ1v) is 7.54. The summed E-state index contributed by atoms with van der Waals surface area (Å²) in [6.45, 7) is 3.63. The van der Waals surface area contributed by atoms with Gasteiger partial charge in [-0.1, -0.05) is 17.7 Å². The molecule has 110 valence electrons. The highest BCUT2D eigenvalue weighted by Crippen LogP contribution is 2.36. The number of aryl methyl sites for hydroxylation is 2. The molecule has 0 unspecified atom stereocenters. The molecular weight excluding hydrogens is 263 g/mol. The summed E-state index contributed by atoms with van der Waals surface area (Å²) >= 11 is 0. The number of halogens is 1. The molecule has 2 aromatic rings. The first kappa shape index (κ1) is 14.1. The maximum atomic E-state index is 13.5. The Balaban J connectivity index is 2.06. The monoisotopic (exact) mass is 284 g/mol. The molecule has 2 aromatic carbocycles. The first-order valence-electron chi connectivity index (χ1n) is 7.54. The van der Waals surface area contributed by atoms with Gasteiger partial charge in [0.1, 0.15) is 5.82 Å². The number of rotatable bonds is 3. The van der Waals surface area contributed by atoms with E-state index < -0.39 is 0 Å². The SMILES string of the molecule is Cc1ccc2c(c1)CCCN2c1ccc(F)cc1CCN. The third kappa shape index (κ3) is 2.79. The van der Waals surface area contributed by atoms with E-state index in [1.165, 1.54) is 22.9 Å². The highest BCUT2D eigenvalue weighted by atomic mass is 19.1. The van der Waals surface area contributed by atoms with Crippen molar-refractivity contribution in [2.45, 2.75) is 26.2 Å². The van der Waals surface area contributed by atoms with E-state index in [9.17, 15) is 4.39 Å². The molecule has 0 aromatic heterocycles. The largest absolute Gasteiger partial charge is 0.341 e. The second-order valence-corrected chi connectivity index (χ2v) is 5.70. The van der Waals surface area contributed by atoms with Gasteiger partial charge >= 0.3 is 0 Å². The average molecular weight is 284 g/mol. The summed E-state index contributed by atoms with van der Waals surface area (Å²) in [7, 11) is 0. The molecule has 0 fully saturated rings. The van der Waals surface area contributed by atoms with Gasteiger partial charge in [-0.15, -0.1) is 0 Å². The smallest absolute Gasteiger partial charge is 0.123 e. The highest BCUT2D eigenvalue weighted by molar-refractivity contribution is 5.70. The fourth-order valence-corrected chi connectivity index (χ4v) is 3.15. The summed E-state index contributed by atoms with van der Waals surface area (Å²) < 4.78 is 13.5. The van der Waals surface area contributed by atoms with Crippen molar-refractivity contribution in [3.05, 3.63) is 58.9 Å². The molecule has 0 atom stereocenters. The Morgan fingerprint density at radius 2 is 1.95 bits per heavy atom. The van der Waals surface area contributed by atoms with Crippen LogP contribution in [0.3, 0.4) is 0 Å². The molecule has 2 N–H and O–H groups in total. The number of nitrogens with two attached hydrogens (primary N) is 1. The van der Waals surface area contributed by atoms with Gasteiger partial charge in [0.2, 0.25) is 0 Å². The third-order valence-electron chi connectivity index (χ3n) is 4.10. The fraction of sp³-hybridized carbons (Fsp3) is 0.333. The summed E-state index contributed by atoms with van der Waals surface area (Å²) in [5.74, 6) is -0.191. The van der Waals surface area contributed by atoms with Crippen molar-refractivity contribution in [2.75, 3.05) is 18.0 Å². The van der Waals surface area contributed by atoms with Gasteiger partial charge < -0.3 is 10.6 Å². The Hall–Kier alpha value is -1.87. The van der Waals surface area contributed by atoms with Gasteiger partial charge in [-0.05, 0) is 68.1 Å². The summed E-state index contributed by atoms with van der Waals surface area (Å²) in [6, 6.07) is 11.6. The Morgan fingerprint density at radius 3 is 2.76 bits per heavy atom. The predicted molar refractivity (Wildman–Crippen MR) is 85.7 cm³/mol. The van der Waals surface area contributed by atoms with E-state index >= 15 is 0 Å². The van der Waals surface area contributed by atoms with Gasteiger partial charge in [0, 0.05) is 17.9 Å². The minimum Gasteiger partial charge on any atom is -0.341 e. The maximum Gasteiger partial charge on any atom is 0.123 e. The zero-order chi connectivity index (χ0) is 14.8. The molecule has 1 aliphatic rings. The van der Waals surface area contributed by atoms with Gasteiger partial charge in [0.05, 0.1) is 0 Å². The minimum atomic E-state index is -0.191. The summed E-state index contributed by atoms with van der Waals surface area (Å²) in [5, 5.41) is 0. The van der Waals surface area contributed by atoms with E-state index in [1.807, 2.05) is 6.07 Å². The van der Waals surface area contributed by atoms with Crippen molar-refractivity contribution in [1.82, 2.24) is 0 Å². The van der Waals surface area contributed by atoms with Crippen LogP contribution in [0.1, 0.15) is 23.1 Å². The standard InChI is InChI=1S/C18H21FN2/c1-13-4-6-17-14(11-13)3-2-10-21(17)18-7-5-16(19)12-15(18)8-9-20/h4-7,11-12H,2-3,8-10,20H2,1H3. The number of hydrogen-bond donors (Lipinski definition) is 1. The average Bonchev–Trinajstić information content (AvgIpc) is 2.47. The third-order valence-corrected chi connectivity index (χ3v) is 4.10. The molecule has 0 spiro atoms. The van der Waals surface area contributed by atoms with Crippen LogP contribution in [0, 0.1) is 12.7 Å². The van der Waals surface area contributed by atoms with Crippen molar-refractivity contribution >= 4 is 11.4 Å². The molecule has 0 radical (unpaired) electrons. The summed E-state index contributed by atoms with van der Waals surface area (Å²) in [6.07, 6.45) is 2.93. The maximum absolute atomic E-state index is 13.5. The lowest BCUT2D eigenvalue weighted by atomic mass is 9.97. The normalized spacial score (nSPS) is 14.1. The fourth-order valence-electron chi connectivity index (χ4n) is 3.15. The Bertz CT molecular complexity index is 652. The zero-order valence-electron chi connectivity index (χ0n) is 12.4. The van der Waals surface area contributed by atoms with Crippen LogP contribution in [0.5, 0.6) is 0 Å². The van der Waals surface area contributed by atoms with Crippen LogP contribution >= 0.6 is 0 Å². The van der Waals surface area contributed by atoms with Crippen molar-refractivity contribution in [2.24, 2.45) is 5.73 Å². The molecule has 21 heavy (non-hydrogen) atoms. The molecule has 3 rings (SSSR count).